The van der Waals surface area contributed by atoms with Crippen molar-refractivity contribution in [1.82, 2.24) is 4.90 Å². The number of rotatable bonds is 4. The molecule has 0 aliphatic carbocycles. The first-order chi connectivity index (χ1) is 9.17. The van der Waals surface area contributed by atoms with Gasteiger partial charge in [0, 0.05) is 22.6 Å². The maximum absolute atomic E-state index is 6.40. The van der Waals surface area contributed by atoms with Crippen molar-refractivity contribution in [2.75, 3.05) is 26.2 Å². The summed E-state index contributed by atoms with van der Waals surface area (Å²) in [6.07, 6.45) is 1.13. The van der Waals surface area contributed by atoms with Crippen LogP contribution >= 0.6 is 27.5 Å². The van der Waals surface area contributed by atoms with Crippen molar-refractivity contribution in [3.63, 3.8) is 0 Å². The van der Waals surface area contributed by atoms with Crippen molar-refractivity contribution in [1.29, 1.82) is 0 Å². The minimum absolute atomic E-state index is 0.0129. The SMILES string of the molecule is CCCN1CCOC(CN)C1c1ccc(Br)cc1Cl. The van der Waals surface area contributed by atoms with Crippen molar-refractivity contribution in [3.05, 3.63) is 33.3 Å². The molecule has 2 unspecified atom stereocenters. The molecule has 1 aliphatic rings. The van der Waals surface area contributed by atoms with Crippen LogP contribution in [0.1, 0.15) is 24.9 Å². The van der Waals surface area contributed by atoms with Crippen molar-refractivity contribution in [2.24, 2.45) is 5.73 Å². The average Bonchev–Trinajstić information content (AvgIpc) is 2.39. The lowest BCUT2D eigenvalue weighted by atomic mass is 9.97. The second-order valence-corrected chi connectivity index (χ2v) is 6.11. The quantitative estimate of drug-likeness (QED) is 0.909. The molecule has 1 fully saturated rings. The largest absolute Gasteiger partial charge is 0.374 e. The van der Waals surface area contributed by atoms with Crippen molar-refractivity contribution in [3.8, 4) is 0 Å². The summed E-state index contributed by atoms with van der Waals surface area (Å²) in [5.41, 5.74) is 6.97. The molecule has 1 saturated heterocycles. The first-order valence-corrected chi connectivity index (χ1v) is 7.85. The van der Waals surface area contributed by atoms with E-state index in [4.69, 9.17) is 22.1 Å². The van der Waals surface area contributed by atoms with Gasteiger partial charge >= 0.3 is 0 Å². The smallest absolute Gasteiger partial charge is 0.0894 e. The molecule has 106 valence electrons. The van der Waals surface area contributed by atoms with Gasteiger partial charge in [-0.1, -0.05) is 40.5 Å². The van der Waals surface area contributed by atoms with Gasteiger partial charge in [0.15, 0.2) is 0 Å². The van der Waals surface area contributed by atoms with Crippen molar-refractivity contribution in [2.45, 2.75) is 25.5 Å². The lowest BCUT2D eigenvalue weighted by molar-refractivity contribution is -0.0676. The lowest BCUT2D eigenvalue weighted by Gasteiger charge is -2.41. The van der Waals surface area contributed by atoms with E-state index >= 15 is 0 Å². The molecule has 3 nitrogen and oxygen atoms in total. The van der Waals surface area contributed by atoms with E-state index in [0.717, 1.165) is 41.2 Å². The Hall–Kier alpha value is -0.130. The van der Waals surface area contributed by atoms with E-state index in [2.05, 4.69) is 33.8 Å². The topological polar surface area (TPSA) is 38.5 Å². The van der Waals surface area contributed by atoms with Crippen molar-refractivity contribution < 1.29 is 4.74 Å². The molecule has 0 bridgehead atoms. The number of hydrogen-bond donors (Lipinski definition) is 1. The van der Waals surface area contributed by atoms with Gasteiger partial charge in [0.1, 0.15) is 0 Å². The molecule has 2 atom stereocenters. The molecule has 2 N–H and O–H groups in total. The summed E-state index contributed by atoms with van der Waals surface area (Å²) < 4.78 is 6.81. The standard InChI is InChI=1S/C14H20BrClN2O/c1-2-5-18-6-7-19-13(9-17)14(18)11-4-3-10(15)8-12(11)16/h3-4,8,13-14H,2,5-7,9,17H2,1H3. The summed E-state index contributed by atoms with van der Waals surface area (Å²) in [5.74, 6) is 0. The minimum Gasteiger partial charge on any atom is -0.374 e. The number of nitrogens with zero attached hydrogens (tertiary/aromatic N) is 1. The number of hydrogen-bond acceptors (Lipinski definition) is 3. The highest BCUT2D eigenvalue weighted by Crippen LogP contribution is 2.35. The Kier molecular flexibility index (Phi) is 5.66. The van der Waals surface area contributed by atoms with E-state index in [-0.39, 0.29) is 12.1 Å². The van der Waals surface area contributed by atoms with E-state index in [1.807, 2.05) is 12.1 Å². The maximum atomic E-state index is 6.40. The Balaban J connectivity index is 2.33. The fourth-order valence-electron chi connectivity index (χ4n) is 2.66. The molecule has 5 heteroatoms. The Morgan fingerprint density at radius 1 is 1.53 bits per heavy atom. The van der Waals surface area contributed by atoms with Crippen LogP contribution < -0.4 is 5.73 Å². The normalized spacial score (nSPS) is 24.6. The summed E-state index contributed by atoms with van der Waals surface area (Å²) in [7, 11) is 0. The van der Waals surface area contributed by atoms with Crippen LogP contribution in [0, 0.1) is 0 Å². The highest BCUT2D eigenvalue weighted by molar-refractivity contribution is 9.10. The summed E-state index contributed by atoms with van der Waals surface area (Å²) in [4.78, 5) is 2.43. The number of ether oxygens (including phenoxy) is 1. The van der Waals surface area contributed by atoms with E-state index < -0.39 is 0 Å². The number of nitrogens with two attached hydrogens (primary N) is 1. The molecule has 0 spiro atoms. The average molecular weight is 348 g/mol. The van der Waals surface area contributed by atoms with Gasteiger partial charge in [-0.15, -0.1) is 0 Å². The van der Waals surface area contributed by atoms with Gasteiger partial charge in [-0.3, -0.25) is 4.90 Å². The third-order valence-corrected chi connectivity index (χ3v) is 4.30. The zero-order valence-corrected chi connectivity index (χ0v) is 13.5. The third kappa shape index (κ3) is 3.50. The van der Waals surface area contributed by atoms with Gasteiger partial charge in [0.05, 0.1) is 18.8 Å². The van der Waals surface area contributed by atoms with E-state index in [1.54, 1.807) is 0 Å². The van der Waals surface area contributed by atoms with Gasteiger partial charge in [-0.25, -0.2) is 0 Å². The molecule has 0 radical (unpaired) electrons. The van der Waals surface area contributed by atoms with E-state index in [1.165, 1.54) is 0 Å². The molecule has 1 aromatic carbocycles. The number of halogens is 2. The Morgan fingerprint density at radius 2 is 2.32 bits per heavy atom. The van der Waals surface area contributed by atoms with Gasteiger partial charge in [-0.2, -0.15) is 0 Å². The number of benzene rings is 1. The predicted molar refractivity (Wildman–Crippen MR) is 82.6 cm³/mol. The van der Waals surface area contributed by atoms with Crippen LogP contribution in [-0.2, 0) is 4.74 Å². The second-order valence-electron chi connectivity index (χ2n) is 4.79. The monoisotopic (exact) mass is 346 g/mol. The van der Waals surface area contributed by atoms with Gasteiger partial charge in [-0.05, 0) is 30.7 Å². The van der Waals surface area contributed by atoms with Crippen LogP contribution in [0.25, 0.3) is 0 Å². The molecule has 1 aromatic rings. The van der Waals surface area contributed by atoms with Crippen LogP contribution in [0.2, 0.25) is 5.02 Å². The highest BCUT2D eigenvalue weighted by Gasteiger charge is 2.33. The molecule has 0 aromatic heterocycles. The third-order valence-electron chi connectivity index (χ3n) is 3.48. The first kappa shape index (κ1) is 15.3. The van der Waals surface area contributed by atoms with Gasteiger partial charge < -0.3 is 10.5 Å². The Morgan fingerprint density at radius 3 is 2.95 bits per heavy atom. The summed E-state index contributed by atoms with van der Waals surface area (Å²) in [5, 5.41) is 0.768. The molecule has 0 saturated carbocycles. The Labute approximate surface area is 128 Å². The maximum Gasteiger partial charge on any atom is 0.0894 e. The summed E-state index contributed by atoms with van der Waals surface area (Å²) in [6.45, 7) is 5.41. The molecule has 1 aliphatic heterocycles. The molecular formula is C14H20BrClN2O. The zero-order chi connectivity index (χ0) is 13.8. The van der Waals surface area contributed by atoms with Crippen LogP contribution in [0.5, 0.6) is 0 Å². The summed E-state index contributed by atoms with van der Waals surface area (Å²) >= 11 is 9.84. The van der Waals surface area contributed by atoms with Crippen molar-refractivity contribution >= 4 is 27.5 Å². The second kappa shape index (κ2) is 7.04. The van der Waals surface area contributed by atoms with Crippen LogP contribution in [-0.4, -0.2) is 37.2 Å². The van der Waals surface area contributed by atoms with E-state index in [0.29, 0.717) is 6.54 Å². The first-order valence-electron chi connectivity index (χ1n) is 6.68. The minimum atomic E-state index is 0.0129. The molecule has 2 rings (SSSR count). The highest BCUT2D eigenvalue weighted by atomic mass is 79.9. The predicted octanol–water partition coefficient (Wildman–Crippen LogP) is 3.21. The van der Waals surface area contributed by atoms with Crippen LogP contribution in [0.3, 0.4) is 0 Å². The van der Waals surface area contributed by atoms with Crippen LogP contribution in [0.4, 0.5) is 0 Å². The molecule has 19 heavy (non-hydrogen) atoms. The zero-order valence-electron chi connectivity index (χ0n) is 11.1. The van der Waals surface area contributed by atoms with Gasteiger partial charge in [0.25, 0.3) is 0 Å². The molecular weight excluding hydrogens is 328 g/mol. The fourth-order valence-corrected chi connectivity index (χ4v) is 3.45. The lowest BCUT2D eigenvalue weighted by Crippen LogP contribution is -2.48. The number of morpholine rings is 1. The summed E-state index contributed by atoms with van der Waals surface area (Å²) in [6, 6.07) is 6.17. The van der Waals surface area contributed by atoms with Gasteiger partial charge in [0.2, 0.25) is 0 Å². The van der Waals surface area contributed by atoms with Crippen LogP contribution in [0.15, 0.2) is 22.7 Å². The molecule has 1 heterocycles. The molecule has 0 amide bonds. The van der Waals surface area contributed by atoms with E-state index in [9.17, 15) is 0 Å². The fraction of sp³-hybridized carbons (Fsp3) is 0.571. The Bertz CT molecular complexity index is 428.